The van der Waals surface area contributed by atoms with Crippen molar-refractivity contribution in [1.82, 2.24) is 10.6 Å². The molecular weight excluding hydrogens is 319 g/mol. The topological polar surface area (TPSA) is 24.1 Å². The molecule has 0 aromatic heterocycles. The van der Waals surface area contributed by atoms with E-state index in [1.807, 2.05) is 30.3 Å². The number of hydrogen-bond acceptors (Lipinski definition) is 1. The van der Waals surface area contributed by atoms with E-state index in [-0.39, 0.29) is 5.82 Å². The van der Waals surface area contributed by atoms with Crippen LogP contribution in [-0.2, 0) is 12.8 Å². The molecule has 0 saturated heterocycles. The third-order valence-corrected chi connectivity index (χ3v) is 3.75. The quantitative estimate of drug-likeness (QED) is 0.786. The zero-order valence-electron chi connectivity index (χ0n) is 12.1. The molecule has 22 heavy (non-hydrogen) atoms. The highest BCUT2D eigenvalue weighted by Gasteiger charge is 2.01. The molecule has 2 aromatic carbocycles. The van der Waals surface area contributed by atoms with E-state index in [0.29, 0.717) is 23.6 Å². The summed E-state index contributed by atoms with van der Waals surface area (Å²) in [6, 6.07) is 14.5. The van der Waals surface area contributed by atoms with E-state index in [1.165, 1.54) is 6.07 Å². The first-order valence-electron chi connectivity index (χ1n) is 7.15. The van der Waals surface area contributed by atoms with Crippen LogP contribution in [0.25, 0.3) is 0 Å². The highest BCUT2D eigenvalue weighted by atomic mass is 35.5. The van der Waals surface area contributed by atoms with Crippen LogP contribution in [0.5, 0.6) is 0 Å². The summed E-state index contributed by atoms with van der Waals surface area (Å²) in [7, 11) is 0. The molecule has 0 aliphatic heterocycles. The summed E-state index contributed by atoms with van der Waals surface area (Å²) in [4.78, 5) is 0. The van der Waals surface area contributed by atoms with Crippen LogP contribution in [-0.4, -0.2) is 18.2 Å². The SMILES string of the molecule is Fc1ccccc1CCNC(=S)NCCc1cccc(Cl)c1. The Morgan fingerprint density at radius 2 is 1.73 bits per heavy atom. The number of halogens is 2. The van der Waals surface area contributed by atoms with Crippen LogP contribution in [0.1, 0.15) is 11.1 Å². The second-order valence-electron chi connectivity index (χ2n) is 4.90. The van der Waals surface area contributed by atoms with Gasteiger partial charge in [0, 0.05) is 18.1 Å². The van der Waals surface area contributed by atoms with Crippen LogP contribution in [0.3, 0.4) is 0 Å². The van der Waals surface area contributed by atoms with Crippen LogP contribution >= 0.6 is 23.8 Å². The Kier molecular flexibility index (Phi) is 6.62. The zero-order valence-corrected chi connectivity index (χ0v) is 13.7. The number of benzene rings is 2. The number of rotatable bonds is 6. The van der Waals surface area contributed by atoms with Crippen LogP contribution in [0.4, 0.5) is 4.39 Å². The maximum Gasteiger partial charge on any atom is 0.166 e. The third-order valence-electron chi connectivity index (χ3n) is 3.23. The van der Waals surface area contributed by atoms with Crippen LogP contribution in [0.2, 0.25) is 5.02 Å². The van der Waals surface area contributed by atoms with E-state index in [9.17, 15) is 4.39 Å². The summed E-state index contributed by atoms with van der Waals surface area (Å²) in [6.45, 7) is 1.33. The summed E-state index contributed by atoms with van der Waals surface area (Å²) >= 11 is 11.1. The van der Waals surface area contributed by atoms with Gasteiger partial charge >= 0.3 is 0 Å². The normalized spacial score (nSPS) is 10.3. The van der Waals surface area contributed by atoms with Crippen LogP contribution < -0.4 is 10.6 Å². The van der Waals surface area contributed by atoms with Crippen molar-refractivity contribution in [2.45, 2.75) is 12.8 Å². The van der Waals surface area contributed by atoms with Gasteiger partial charge < -0.3 is 10.6 Å². The van der Waals surface area contributed by atoms with Crippen molar-refractivity contribution in [2.24, 2.45) is 0 Å². The molecule has 2 nitrogen and oxygen atoms in total. The Labute approximate surface area is 140 Å². The second-order valence-corrected chi connectivity index (χ2v) is 5.75. The van der Waals surface area contributed by atoms with Gasteiger partial charge in [-0.1, -0.05) is 41.9 Å². The molecule has 2 aromatic rings. The molecule has 0 amide bonds. The van der Waals surface area contributed by atoms with Gasteiger partial charge in [-0.2, -0.15) is 0 Å². The molecule has 0 saturated carbocycles. The van der Waals surface area contributed by atoms with Gasteiger partial charge in [0.2, 0.25) is 0 Å². The molecule has 2 rings (SSSR count). The molecule has 0 atom stereocenters. The third kappa shape index (κ3) is 5.62. The minimum absolute atomic E-state index is 0.177. The van der Waals surface area contributed by atoms with Gasteiger partial charge in [-0.15, -0.1) is 0 Å². The summed E-state index contributed by atoms with van der Waals surface area (Å²) in [5.41, 5.74) is 1.85. The van der Waals surface area contributed by atoms with E-state index in [2.05, 4.69) is 10.6 Å². The number of nitrogens with one attached hydrogen (secondary N) is 2. The van der Waals surface area contributed by atoms with Gasteiger partial charge in [-0.25, -0.2) is 4.39 Å². The predicted octanol–water partition coefficient (Wildman–Crippen LogP) is 3.73. The van der Waals surface area contributed by atoms with E-state index in [4.69, 9.17) is 23.8 Å². The first-order valence-corrected chi connectivity index (χ1v) is 7.93. The molecule has 2 N–H and O–H groups in total. The lowest BCUT2D eigenvalue weighted by Gasteiger charge is -2.11. The minimum Gasteiger partial charge on any atom is -0.362 e. The largest absolute Gasteiger partial charge is 0.362 e. The molecule has 116 valence electrons. The number of thiocarbonyl (C=S) groups is 1. The Morgan fingerprint density at radius 1 is 1.00 bits per heavy atom. The summed E-state index contributed by atoms with van der Waals surface area (Å²) in [6.07, 6.45) is 1.44. The molecular formula is C17H18ClFN2S. The fourth-order valence-electron chi connectivity index (χ4n) is 2.09. The van der Waals surface area contributed by atoms with Gasteiger partial charge in [0.1, 0.15) is 5.82 Å². The highest BCUT2D eigenvalue weighted by molar-refractivity contribution is 7.80. The average molecular weight is 337 g/mol. The van der Waals surface area contributed by atoms with Gasteiger partial charge in [0.05, 0.1) is 0 Å². The summed E-state index contributed by atoms with van der Waals surface area (Å²) in [5.74, 6) is -0.177. The number of hydrogen-bond donors (Lipinski definition) is 2. The molecule has 0 bridgehead atoms. The lowest BCUT2D eigenvalue weighted by Crippen LogP contribution is -2.37. The summed E-state index contributed by atoms with van der Waals surface area (Å²) in [5, 5.41) is 7.54. The highest BCUT2D eigenvalue weighted by Crippen LogP contribution is 2.10. The maximum absolute atomic E-state index is 13.4. The first-order chi connectivity index (χ1) is 10.6. The molecule has 5 heteroatoms. The van der Waals surface area contributed by atoms with Crippen molar-refractivity contribution in [3.05, 3.63) is 70.5 Å². The molecule has 0 spiro atoms. The average Bonchev–Trinajstić information content (AvgIpc) is 2.49. The van der Waals surface area contributed by atoms with E-state index < -0.39 is 0 Å². The lowest BCUT2D eigenvalue weighted by atomic mass is 10.1. The monoisotopic (exact) mass is 336 g/mol. The van der Waals surface area contributed by atoms with E-state index in [1.54, 1.807) is 12.1 Å². The van der Waals surface area contributed by atoms with Crippen LogP contribution in [0, 0.1) is 5.82 Å². The Morgan fingerprint density at radius 3 is 2.45 bits per heavy atom. The fourth-order valence-corrected chi connectivity index (χ4v) is 2.50. The van der Waals surface area contributed by atoms with E-state index in [0.717, 1.165) is 23.6 Å². The maximum atomic E-state index is 13.4. The van der Waals surface area contributed by atoms with Crippen molar-refractivity contribution < 1.29 is 4.39 Å². The van der Waals surface area contributed by atoms with E-state index >= 15 is 0 Å². The van der Waals surface area contributed by atoms with Crippen molar-refractivity contribution >= 4 is 28.9 Å². The molecule has 0 heterocycles. The Bertz CT molecular complexity index is 634. The van der Waals surface area contributed by atoms with Crippen molar-refractivity contribution in [3.8, 4) is 0 Å². The molecule has 0 unspecified atom stereocenters. The van der Waals surface area contributed by atoms with Crippen molar-refractivity contribution in [1.29, 1.82) is 0 Å². The minimum atomic E-state index is -0.177. The predicted molar refractivity (Wildman–Crippen MR) is 93.9 cm³/mol. The van der Waals surface area contributed by atoms with Gasteiger partial charge in [0.15, 0.2) is 5.11 Å². The Balaban J connectivity index is 1.65. The van der Waals surface area contributed by atoms with Gasteiger partial charge in [-0.3, -0.25) is 0 Å². The molecule has 0 aliphatic carbocycles. The van der Waals surface area contributed by atoms with Crippen molar-refractivity contribution in [2.75, 3.05) is 13.1 Å². The zero-order chi connectivity index (χ0) is 15.8. The molecule has 0 fully saturated rings. The Hall–Kier alpha value is -1.65. The fraction of sp³-hybridized carbons (Fsp3) is 0.235. The summed E-state index contributed by atoms with van der Waals surface area (Å²) < 4.78 is 13.4. The van der Waals surface area contributed by atoms with Crippen LogP contribution in [0.15, 0.2) is 48.5 Å². The van der Waals surface area contributed by atoms with Crippen molar-refractivity contribution in [3.63, 3.8) is 0 Å². The smallest absolute Gasteiger partial charge is 0.166 e. The second kappa shape index (κ2) is 8.71. The standard InChI is InChI=1S/C17H18ClFN2S/c18-15-6-3-4-13(12-15)8-10-20-17(22)21-11-9-14-5-1-2-7-16(14)19/h1-7,12H,8-11H2,(H2,20,21,22). The van der Waals surface area contributed by atoms with Gasteiger partial charge in [0.25, 0.3) is 0 Å². The van der Waals surface area contributed by atoms with Gasteiger partial charge in [-0.05, 0) is 54.4 Å². The lowest BCUT2D eigenvalue weighted by molar-refractivity contribution is 0.607. The first kappa shape index (κ1) is 16.7. The molecule has 0 aliphatic rings. The molecule has 0 radical (unpaired) electrons.